The van der Waals surface area contributed by atoms with Gasteiger partial charge >= 0.3 is 0 Å². The molecule has 2 bridgehead atoms. The molecule has 1 spiro atoms. The predicted molar refractivity (Wildman–Crippen MR) is 236 cm³/mol. The highest BCUT2D eigenvalue weighted by Gasteiger charge is 2.74. The van der Waals surface area contributed by atoms with E-state index < -0.39 is 33.4 Å². The van der Waals surface area contributed by atoms with E-state index in [1.807, 2.05) is 33.8 Å². The Morgan fingerprint density at radius 1 is 0.750 bits per heavy atom. The summed E-state index contributed by atoms with van der Waals surface area (Å²) in [6.07, 6.45) is 15.2. The molecule has 310 valence electrons. The quantitative estimate of drug-likeness (QED) is 0.0324. The minimum absolute atomic E-state index is 0.000632. The first-order valence-corrected chi connectivity index (χ1v) is 23.1. The van der Waals surface area contributed by atoms with Gasteiger partial charge < -0.3 is 14.2 Å². The van der Waals surface area contributed by atoms with Crippen molar-refractivity contribution in [1.82, 2.24) is 0 Å². The number of benzene rings is 1. The van der Waals surface area contributed by atoms with E-state index in [9.17, 15) is 0 Å². The highest BCUT2D eigenvalue weighted by atomic mass is 79.9. The summed E-state index contributed by atoms with van der Waals surface area (Å²) in [5.41, 5.74) is -0.249. The number of hydrogen-bond acceptors (Lipinski definition) is 6. The number of carbonyl (C=O) groups is 3. The van der Waals surface area contributed by atoms with E-state index in [1.165, 1.54) is 11.1 Å². The minimum atomic E-state index is -1.45. The second-order valence-corrected chi connectivity index (χ2v) is 19.9. The SMILES string of the molecule is CC(C)=CC[C@H]1C[C@@]23C[C@@H](CC=C(C)C)C(C)(C)[C@@](CC=C(C)C)(C(=O)C(C(=O)c4ccc(OCCCCCBr)c(OCCCCCBr)c4)=C2OC1(C)C)C3=O. The fourth-order valence-corrected chi connectivity index (χ4v) is 9.84. The van der Waals surface area contributed by atoms with Crippen LogP contribution < -0.4 is 9.47 Å². The van der Waals surface area contributed by atoms with Gasteiger partial charge in [-0.25, -0.2) is 0 Å². The van der Waals surface area contributed by atoms with Crippen LogP contribution in [0.3, 0.4) is 0 Å². The van der Waals surface area contributed by atoms with E-state index in [4.69, 9.17) is 14.2 Å². The predicted octanol–water partition coefficient (Wildman–Crippen LogP) is 13.1. The van der Waals surface area contributed by atoms with E-state index in [1.54, 1.807) is 18.2 Å². The highest BCUT2D eigenvalue weighted by Crippen LogP contribution is 2.69. The van der Waals surface area contributed by atoms with Gasteiger partial charge in [0.2, 0.25) is 0 Å². The molecule has 1 heterocycles. The van der Waals surface area contributed by atoms with Gasteiger partial charge in [-0.1, -0.05) is 80.7 Å². The van der Waals surface area contributed by atoms with Crippen molar-refractivity contribution in [1.29, 1.82) is 0 Å². The van der Waals surface area contributed by atoms with Crippen LogP contribution in [0.2, 0.25) is 0 Å². The number of ketones is 3. The maximum Gasteiger partial charge on any atom is 0.200 e. The van der Waals surface area contributed by atoms with Gasteiger partial charge in [0.25, 0.3) is 0 Å². The van der Waals surface area contributed by atoms with Crippen LogP contribution in [0.4, 0.5) is 0 Å². The van der Waals surface area contributed by atoms with Crippen LogP contribution in [0.25, 0.3) is 0 Å². The molecule has 1 aliphatic heterocycles. The molecule has 1 saturated carbocycles. The molecule has 2 aliphatic carbocycles. The van der Waals surface area contributed by atoms with Gasteiger partial charge in [0.1, 0.15) is 22.3 Å². The Bertz CT molecular complexity index is 1710. The maximum atomic E-state index is 15.7. The molecule has 0 N–H and O–H groups in total. The molecule has 1 aromatic carbocycles. The Labute approximate surface area is 355 Å². The van der Waals surface area contributed by atoms with E-state index >= 15 is 14.4 Å². The van der Waals surface area contributed by atoms with Crippen molar-refractivity contribution in [2.24, 2.45) is 28.1 Å². The van der Waals surface area contributed by atoms with Crippen LogP contribution >= 0.6 is 31.9 Å². The zero-order chi connectivity index (χ0) is 41.5. The van der Waals surface area contributed by atoms with Crippen LogP contribution in [-0.2, 0) is 14.3 Å². The van der Waals surface area contributed by atoms with Crippen molar-refractivity contribution in [3.63, 3.8) is 0 Å². The Hall–Kier alpha value is -2.45. The number of alkyl halides is 2. The Morgan fingerprint density at radius 3 is 1.84 bits per heavy atom. The summed E-state index contributed by atoms with van der Waals surface area (Å²) >= 11 is 7.02. The highest BCUT2D eigenvalue weighted by molar-refractivity contribution is 9.09. The summed E-state index contributed by atoms with van der Waals surface area (Å²) < 4.78 is 19.6. The number of ether oxygens (including phenoxy) is 3. The average Bonchev–Trinajstić information content (AvgIpc) is 3.12. The van der Waals surface area contributed by atoms with E-state index in [2.05, 4.69) is 85.6 Å². The number of allylic oxidation sites excluding steroid dienone is 8. The fourth-order valence-electron chi connectivity index (χ4n) is 9.05. The van der Waals surface area contributed by atoms with E-state index in [0.29, 0.717) is 43.1 Å². The number of unbranched alkanes of at least 4 members (excludes halogenated alkanes) is 4. The topological polar surface area (TPSA) is 78.9 Å². The molecule has 56 heavy (non-hydrogen) atoms. The molecule has 2 fully saturated rings. The number of rotatable bonds is 20. The van der Waals surface area contributed by atoms with Gasteiger partial charge in [-0.15, -0.1) is 0 Å². The fraction of sp³-hybridized carbons (Fsp3) is 0.646. The van der Waals surface area contributed by atoms with Crippen LogP contribution in [-0.4, -0.2) is 46.8 Å². The summed E-state index contributed by atoms with van der Waals surface area (Å²) in [5, 5.41) is 1.89. The molecule has 0 unspecified atom stereocenters. The minimum Gasteiger partial charge on any atom is -0.490 e. The molecule has 0 radical (unpaired) electrons. The Kier molecular flexibility index (Phi) is 16.1. The largest absolute Gasteiger partial charge is 0.490 e. The molecule has 4 atom stereocenters. The molecular weight excluding hydrogens is 832 g/mol. The first-order valence-electron chi connectivity index (χ1n) is 20.9. The third-order valence-corrected chi connectivity index (χ3v) is 13.8. The van der Waals surface area contributed by atoms with Crippen LogP contribution in [0.1, 0.15) is 150 Å². The Balaban J connectivity index is 1.96. The molecule has 4 rings (SSSR count). The standard InChI is InChI=1S/C48H68Br2O6/c1-32(2)17-20-36-30-47-31-37(21-18-33(3)4)46(9,10)56-43(47)40(42(52)48(44(47)53,45(36,7)8)24-23-34(5)6)41(51)35-19-22-38(54-27-15-11-13-25-49)39(29-35)55-28-16-12-14-26-50/h17-19,22-23,29,36-37H,11-16,20-21,24-28,30-31H2,1-10H3/t36-,37+,47+,48+/m1/s1. The normalized spacial score (nSPS) is 24.8. The summed E-state index contributed by atoms with van der Waals surface area (Å²) in [6, 6.07) is 5.27. The van der Waals surface area contributed by atoms with E-state index in [0.717, 1.165) is 67.6 Å². The maximum absolute atomic E-state index is 15.7. The van der Waals surface area contributed by atoms with Crippen LogP contribution in [0.15, 0.2) is 64.5 Å². The summed E-state index contributed by atoms with van der Waals surface area (Å²) in [5.74, 6) is 0.439. The summed E-state index contributed by atoms with van der Waals surface area (Å²) in [4.78, 5) is 46.7. The molecule has 0 aromatic heterocycles. The first-order chi connectivity index (χ1) is 26.4. The van der Waals surface area contributed by atoms with Gasteiger partial charge in [-0.05, 0) is 156 Å². The summed E-state index contributed by atoms with van der Waals surface area (Å²) in [6.45, 7) is 21.6. The van der Waals surface area contributed by atoms with Crippen LogP contribution in [0.5, 0.6) is 11.5 Å². The molecule has 1 saturated heterocycles. The molecule has 6 nitrogen and oxygen atoms in total. The second kappa shape index (κ2) is 19.5. The lowest BCUT2D eigenvalue weighted by molar-refractivity contribution is -0.188. The van der Waals surface area contributed by atoms with Gasteiger partial charge in [0, 0.05) is 22.1 Å². The molecule has 0 amide bonds. The number of halogens is 2. The second-order valence-electron chi connectivity index (χ2n) is 18.3. The lowest BCUT2D eigenvalue weighted by Crippen LogP contribution is -2.69. The van der Waals surface area contributed by atoms with Crippen LogP contribution in [0, 0.1) is 28.1 Å². The molecular formula is C48H68Br2O6. The third kappa shape index (κ3) is 9.70. The number of fused-ring (bicyclic) bond motifs is 1. The van der Waals surface area contributed by atoms with E-state index in [-0.39, 0.29) is 35.4 Å². The lowest BCUT2D eigenvalue weighted by atomic mass is 9.39. The monoisotopic (exact) mass is 898 g/mol. The molecule has 1 aromatic rings. The van der Waals surface area contributed by atoms with Gasteiger partial charge in [0.05, 0.1) is 18.6 Å². The zero-order valence-electron chi connectivity index (χ0n) is 35.9. The van der Waals surface area contributed by atoms with Gasteiger partial charge in [0.15, 0.2) is 28.8 Å². The zero-order valence-corrected chi connectivity index (χ0v) is 39.1. The smallest absolute Gasteiger partial charge is 0.200 e. The molecule has 8 heteroatoms. The van der Waals surface area contributed by atoms with Crippen molar-refractivity contribution in [2.45, 2.75) is 145 Å². The van der Waals surface area contributed by atoms with Crippen molar-refractivity contribution in [3.05, 3.63) is 70.0 Å². The number of Topliss-reactive ketones (excluding diaryl/α,β-unsaturated/α-hetero) is 3. The number of hydrogen-bond donors (Lipinski definition) is 0. The lowest BCUT2D eigenvalue weighted by Gasteiger charge is -2.64. The van der Waals surface area contributed by atoms with Gasteiger partial charge in [-0.2, -0.15) is 0 Å². The van der Waals surface area contributed by atoms with Crippen molar-refractivity contribution < 1.29 is 28.6 Å². The van der Waals surface area contributed by atoms with Crippen molar-refractivity contribution in [2.75, 3.05) is 23.9 Å². The van der Waals surface area contributed by atoms with Gasteiger partial charge in [-0.3, -0.25) is 14.4 Å². The third-order valence-electron chi connectivity index (χ3n) is 12.7. The molecule has 3 aliphatic rings. The van der Waals surface area contributed by atoms with Crippen molar-refractivity contribution >= 4 is 49.2 Å². The summed E-state index contributed by atoms with van der Waals surface area (Å²) in [7, 11) is 0. The average molecular weight is 901 g/mol. The number of carbonyl (C=O) groups excluding carboxylic acids is 3. The first kappa shape index (κ1) is 46.2. The van der Waals surface area contributed by atoms with Crippen molar-refractivity contribution in [3.8, 4) is 11.5 Å². The Morgan fingerprint density at radius 2 is 1.29 bits per heavy atom.